The molecule has 2 rings (SSSR count). The molecule has 1 saturated heterocycles. The number of hydrogen-bond donors (Lipinski definition) is 1. The predicted octanol–water partition coefficient (Wildman–Crippen LogP) is 3.80. The Kier molecular flexibility index (Phi) is 4.32. The number of hydrogen-bond acceptors (Lipinski definition) is 2. The van der Waals surface area contributed by atoms with E-state index in [1.54, 1.807) is 0 Å². The average molecular weight is 266 g/mol. The van der Waals surface area contributed by atoms with Crippen LogP contribution in [0.15, 0.2) is 0 Å². The van der Waals surface area contributed by atoms with Crippen LogP contribution in [0.1, 0.15) is 72.6 Å². The molecule has 1 unspecified atom stereocenters. The molecule has 1 aliphatic heterocycles. The third-order valence-electron chi connectivity index (χ3n) is 6.19. The molecule has 19 heavy (non-hydrogen) atoms. The summed E-state index contributed by atoms with van der Waals surface area (Å²) in [6.07, 6.45) is 9.41. The van der Waals surface area contributed by atoms with Crippen molar-refractivity contribution in [3.8, 4) is 0 Å². The Labute approximate surface area is 120 Å². The summed E-state index contributed by atoms with van der Waals surface area (Å²) in [4.78, 5) is 2.78. The highest BCUT2D eigenvalue weighted by molar-refractivity contribution is 5.05. The van der Waals surface area contributed by atoms with Crippen LogP contribution in [-0.2, 0) is 0 Å². The van der Waals surface area contributed by atoms with E-state index in [1.807, 2.05) is 0 Å². The Hall–Kier alpha value is -0.0800. The van der Waals surface area contributed by atoms with Crippen molar-refractivity contribution in [1.82, 2.24) is 4.90 Å². The van der Waals surface area contributed by atoms with Crippen LogP contribution in [0, 0.1) is 10.8 Å². The van der Waals surface area contributed by atoms with E-state index in [0.717, 1.165) is 6.54 Å². The molecule has 2 N–H and O–H groups in total. The summed E-state index contributed by atoms with van der Waals surface area (Å²) in [5, 5.41) is 0. The van der Waals surface area contributed by atoms with Gasteiger partial charge in [-0.3, -0.25) is 4.90 Å². The lowest BCUT2D eigenvalue weighted by Gasteiger charge is -2.56. The summed E-state index contributed by atoms with van der Waals surface area (Å²) in [6.45, 7) is 13.1. The lowest BCUT2D eigenvalue weighted by Crippen LogP contribution is -2.64. The van der Waals surface area contributed by atoms with Gasteiger partial charge in [-0.1, -0.05) is 40.5 Å². The Morgan fingerprint density at radius 3 is 2.16 bits per heavy atom. The van der Waals surface area contributed by atoms with Crippen molar-refractivity contribution in [1.29, 1.82) is 0 Å². The van der Waals surface area contributed by atoms with Gasteiger partial charge in [0.05, 0.1) is 0 Å². The maximum atomic E-state index is 6.32. The predicted molar refractivity (Wildman–Crippen MR) is 83.2 cm³/mol. The van der Waals surface area contributed by atoms with Gasteiger partial charge >= 0.3 is 0 Å². The molecule has 0 aromatic heterocycles. The second kappa shape index (κ2) is 5.37. The highest BCUT2D eigenvalue weighted by Gasteiger charge is 2.49. The standard InChI is InChI=1S/C17H34N2/c1-15(2)8-7-12-19(13-11-15)17(14-18)10-6-5-9-16(17,3)4/h5-14,18H2,1-4H3. The lowest BCUT2D eigenvalue weighted by molar-refractivity contribution is -0.0433. The van der Waals surface area contributed by atoms with Crippen molar-refractivity contribution >= 4 is 0 Å². The van der Waals surface area contributed by atoms with E-state index in [-0.39, 0.29) is 5.54 Å². The Balaban J connectivity index is 2.20. The van der Waals surface area contributed by atoms with Crippen LogP contribution in [0.3, 0.4) is 0 Å². The van der Waals surface area contributed by atoms with Crippen molar-refractivity contribution in [2.24, 2.45) is 16.6 Å². The Morgan fingerprint density at radius 2 is 1.53 bits per heavy atom. The SMILES string of the molecule is CC1(C)CCCN(C2(CN)CCCCC2(C)C)CC1. The first-order valence-electron chi connectivity index (χ1n) is 8.28. The molecule has 0 spiro atoms. The van der Waals surface area contributed by atoms with Gasteiger partial charge < -0.3 is 5.73 Å². The minimum absolute atomic E-state index is 0.256. The van der Waals surface area contributed by atoms with Crippen LogP contribution in [0.2, 0.25) is 0 Å². The fourth-order valence-corrected chi connectivity index (χ4v) is 4.50. The minimum atomic E-state index is 0.256. The second-order valence-electron chi connectivity index (χ2n) is 8.33. The van der Waals surface area contributed by atoms with E-state index in [4.69, 9.17) is 5.73 Å². The third-order valence-corrected chi connectivity index (χ3v) is 6.19. The summed E-state index contributed by atoms with van der Waals surface area (Å²) in [7, 11) is 0. The third kappa shape index (κ3) is 2.85. The molecule has 1 saturated carbocycles. The largest absolute Gasteiger partial charge is 0.329 e. The Morgan fingerprint density at radius 1 is 0.842 bits per heavy atom. The molecular formula is C17H34N2. The van der Waals surface area contributed by atoms with E-state index in [0.29, 0.717) is 10.8 Å². The zero-order chi connectivity index (χ0) is 14.1. The van der Waals surface area contributed by atoms with Crippen molar-refractivity contribution < 1.29 is 0 Å². The molecule has 0 radical (unpaired) electrons. The van der Waals surface area contributed by atoms with Crippen LogP contribution in [-0.4, -0.2) is 30.1 Å². The molecule has 2 aliphatic rings. The van der Waals surface area contributed by atoms with Gasteiger partial charge in [0.25, 0.3) is 0 Å². The van der Waals surface area contributed by atoms with Gasteiger partial charge in [-0.2, -0.15) is 0 Å². The molecule has 0 amide bonds. The zero-order valence-electron chi connectivity index (χ0n) is 13.6. The van der Waals surface area contributed by atoms with Crippen molar-refractivity contribution in [2.75, 3.05) is 19.6 Å². The first-order chi connectivity index (χ1) is 8.83. The van der Waals surface area contributed by atoms with E-state index in [2.05, 4.69) is 32.6 Å². The van der Waals surface area contributed by atoms with Crippen LogP contribution in [0.4, 0.5) is 0 Å². The number of rotatable bonds is 2. The first kappa shape index (κ1) is 15.3. The number of likely N-dealkylation sites (tertiary alicyclic amines) is 1. The molecule has 1 aliphatic carbocycles. The molecule has 0 bridgehead atoms. The summed E-state index contributed by atoms with van der Waals surface area (Å²) in [5.41, 5.74) is 7.46. The molecule has 0 aromatic rings. The van der Waals surface area contributed by atoms with Gasteiger partial charge in [0.1, 0.15) is 0 Å². The molecule has 112 valence electrons. The number of nitrogens with two attached hydrogens (primary N) is 1. The molecular weight excluding hydrogens is 232 g/mol. The van der Waals surface area contributed by atoms with Crippen LogP contribution in [0.5, 0.6) is 0 Å². The fourth-order valence-electron chi connectivity index (χ4n) is 4.50. The summed E-state index contributed by atoms with van der Waals surface area (Å²) >= 11 is 0. The topological polar surface area (TPSA) is 29.3 Å². The van der Waals surface area contributed by atoms with Gasteiger partial charge in [0.15, 0.2) is 0 Å². The van der Waals surface area contributed by atoms with Crippen molar-refractivity contribution in [3.63, 3.8) is 0 Å². The van der Waals surface area contributed by atoms with Crippen molar-refractivity contribution in [3.05, 3.63) is 0 Å². The van der Waals surface area contributed by atoms with Gasteiger partial charge in [0.2, 0.25) is 0 Å². The monoisotopic (exact) mass is 266 g/mol. The Bertz CT molecular complexity index is 308. The van der Waals surface area contributed by atoms with E-state index in [1.165, 1.54) is 58.0 Å². The highest BCUT2D eigenvalue weighted by atomic mass is 15.2. The molecule has 0 aromatic carbocycles. The van der Waals surface area contributed by atoms with E-state index >= 15 is 0 Å². The lowest BCUT2D eigenvalue weighted by atomic mass is 9.62. The summed E-state index contributed by atoms with van der Waals surface area (Å²) in [5.74, 6) is 0. The van der Waals surface area contributed by atoms with E-state index < -0.39 is 0 Å². The molecule has 1 heterocycles. The van der Waals surface area contributed by atoms with Gasteiger partial charge in [-0.05, 0) is 56.0 Å². The number of nitrogens with zero attached hydrogens (tertiary/aromatic N) is 1. The minimum Gasteiger partial charge on any atom is -0.329 e. The summed E-state index contributed by atoms with van der Waals surface area (Å²) < 4.78 is 0. The molecule has 2 heteroatoms. The quantitative estimate of drug-likeness (QED) is 0.824. The smallest absolute Gasteiger partial charge is 0.0382 e. The van der Waals surface area contributed by atoms with Gasteiger partial charge in [0, 0.05) is 12.1 Å². The summed E-state index contributed by atoms with van der Waals surface area (Å²) in [6, 6.07) is 0. The maximum Gasteiger partial charge on any atom is 0.0382 e. The van der Waals surface area contributed by atoms with E-state index in [9.17, 15) is 0 Å². The molecule has 1 atom stereocenters. The van der Waals surface area contributed by atoms with Crippen LogP contribution >= 0.6 is 0 Å². The maximum absolute atomic E-state index is 6.32. The van der Waals surface area contributed by atoms with Crippen molar-refractivity contribution in [2.45, 2.75) is 78.2 Å². The fraction of sp³-hybridized carbons (Fsp3) is 1.00. The van der Waals surface area contributed by atoms with Gasteiger partial charge in [-0.15, -0.1) is 0 Å². The second-order valence-corrected chi connectivity index (χ2v) is 8.33. The normalized spacial score (nSPS) is 35.8. The molecule has 2 nitrogen and oxygen atoms in total. The van der Waals surface area contributed by atoms with Crippen LogP contribution in [0.25, 0.3) is 0 Å². The van der Waals surface area contributed by atoms with Crippen LogP contribution < -0.4 is 5.73 Å². The molecule has 2 fully saturated rings. The first-order valence-corrected chi connectivity index (χ1v) is 8.28. The van der Waals surface area contributed by atoms with Gasteiger partial charge in [-0.25, -0.2) is 0 Å². The highest BCUT2D eigenvalue weighted by Crippen LogP contribution is 2.48. The zero-order valence-corrected chi connectivity index (χ0v) is 13.6. The average Bonchev–Trinajstić information content (AvgIpc) is 2.51.